The Kier molecular flexibility index (Phi) is 3.32. The van der Waals surface area contributed by atoms with Crippen LogP contribution in [0.5, 0.6) is 0 Å². The van der Waals surface area contributed by atoms with Crippen molar-refractivity contribution in [3.63, 3.8) is 0 Å². The molecule has 1 saturated carbocycles. The maximum Gasteiger partial charge on any atom is 0.148 e. The number of aromatic nitrogens is 3. The summed E-state index contributed by atoms with van der Waals surface area (Å²) in [4.78, 5) is 18.0. The van der Waals surface area contributed by atoms with E-state index in [0.29, 0.717) is 28.6 Å². The zero-order valence-corrected chi connectivity index (χ0v) is 14.4. The number of rotatable bonds is 3. The van der Waals surface area contributed by atoms with Crippen LogP contribution in [0.2, 0.25) is 5.02 Å². The van der Waals surface area contributed by atoms with Gasteiger partial charge in [-0.15, -0.1) is 0 Å². The number of anilines is 2. The minimum atomic E-state index is 0.385. The average Bonchev–Trinajstić information content (AvgIpc) is 3.49. The van der Waals surface area contributed by atoms with Gasteiger partial charge in [-0.3, -0.25) is 0 Å². The fourth-order valence-corrected chi connectivity index (χ4v) is 4.23. The van der Waals surface area contributed by atoms with E-state index >= 15 is 0 Å². The summed E-state index contributed by atoms with van der Waals surface area (Å²) in [6.45, 7) is 1.82. The maximum atomic E-state index is 8.97. The van der Waals surface area contributed by atoms with Crippen LogP contribution < -0.4 is 9.80 Å². The molecule has 2 atom stereocenters. The van der Waals surface area contributed by atoms with E-state index < -0.39 is 0 Å². The minimum absolute atomic E-state index is 0.385. The van der Waals surface area contributed by atoms with Gasteiger partial charge in [0.1, 0.15) is 24.0 Å². The van der Waals surface area contributed by atoms with Gasteiger partial charge in [-0.05, 0) is 25.3 Å². The molecule has 126 valence electrons. The highest BCUT2D eigenvalue weighted by atomic mass is 35.5. The summed E-state index contributed by atoms with van der Waals surface area (Å²) in [6, 6.07) is 6.70. The highest BCUT2D eigenvalue weighted by molar-refractivity contribution is 6.33. The van der Waals surface area contributed by atoms with E-state index in [0.717, 1.165) is 31.1 Å². The second-order valence-electron chi connectivity index (χ2n) is 7.07. The van der Waals surface area contributed by atoms with Crippen molar-refractivity contribution < 1.29 is 0 Å². The lowest BCUT2D eigenvalue weighted by molar-refractivity contribution is 0.288. The number of nitriles is 1. The molecular formula is C18H17ClN6. The van der Waals surface area contributed by atoms with E-state index in [1.165, 1.54) is 18.5 Å². The van der Waals surface area contributed by atoms with Crippen LogP contribution in [0.3, 0.4) is 0 Å². The molecule has 5 heterocycles. The molecule has 25 heavy (non-hydrogen) atoms. The molecule has 0 amide bonds. The monoisotopic (exact) mass is 352 g/mol. The predicted octanol–water partition coefficient (Wildman–Crippen LogP) is 2.74. The second-order valence-corrected chi connectivity index (χ2v) is 7.48. The van der Waals surface area contributed by atoms with Crippen LogP contribution >= 0.6 is 11.6 Å². The molecule has 3 saturated heterocycles. The molecule has 0 aromatic carbocycles. The number of halogens is 1. The molecule has 6 nitrogen and oxygen atoms in total. The molecular weight excluding hydrogens is 336 g/mol. The molecule has 4 aliphatic rings. The van der Waals surface area contributed by atoms with Crippen molar-refractivity contribution in [2.24, 2.45) is 0 Å². The van der Waals surface area contributed by atoms with Gasteiger partial charge < -0.3 is 9.80 Å². The Hall–Kier alpha value is -2.39. The van der Waals surface area contributed by atoms with Crippen LogP contribution in [0.15, 0.2) is 24.7 Å². The molecule has 0 spiro atoms. The third kappa shape index (κ3) is 2.50. The summed E-state index contributed by atoms with van der Waals surface area (Å²) in [5.74, 6) is 2.47. The van der Waals surface area contributed by atoms with Gasteiger partial charge in [-0.2, -0.15) is 5.26 Å². The summed E-state index contributed by atoms with van der Waals surface area (Å²) >= 11 is 6.35. The molecule has 2 aromatic heterocycles. The van der Waals surface area contributed by atoms with E-state index in [1.807, 2.05) is 0 Å². The third-order valence-corrected chi connectivity index (χ3v) is 5.66. The summed E-state index contributed by atoms with van der Waals surface area (Å²) in [7, 11) is 0. The summed E-state index contributed by atoms with van der Waals surface area (Å²) in [6.07, 6.45) is 6.94. The SMILES string of the molecule is N#Cc1cnc(N2C3CC2CN(c2cc(C4CC4)ncn2)C3)c(Cl)c1. The van der Waals surface area contributed by atoms with E-state index in [1.54, 1.807) is 18.6 Å². The van der Waals surface area contributed by atoms with Crippen molar-refractivity contribution >= 4 is 23.2 Å². The highest BCUT2D eigenvalue weighted by Crippen LogP contribution is 2.42. The summed E-state index contributed by atoms with van der Waals surface area (Å²) in [5, 5.41) is 9.53. The Morgan fingerprint density at radius 1 is 1.12 bits per heavy atom. The van der Waals surface area contributed by atoms with E-state index in [2.05, 4.69) is 36.9 Å². The molecule has 0 radical (unpaired) electrons. The topological polar surface area (TPSA) is 68.9 Å². The molecule has 7 heteroatoms. The largest absolute Gasteiger partial charge is 0.352 e. The molecule has 2 aromatic rings. The number of hydrogen-bond acceptors (Lipinski definition) is 6. The summed E-state index contributed by atoms with van der Waals surface area (Å²) < 4.78 is 0. The van der Waals surface area contributed by atoms with Gasteiger partial charge in [0.25, 0.3) is 0 Å². The van der Waals surface area contributed by atoms with Crippen molar-refractivity contribution in [1.29, 1.82) is 5.26 Å². The van der Waals surface area contributed by atoms with Gasteiger partial charge in [-0.25, -0.2) is 15.0 Å². The normalized spacial score (nSPS) is 24.6. The van der Waals surface area contributed by atoms with E-state index in [9.17, 15) is 0 Å². The molecule has 4 fully saturated rings. The van der Waals surface area contributed by atoms with Crippen LogP contribution in [0.25, 0.3) is 0 Å². The minimum Gasteiger partial charge on any atom is -0.352 e. The lowest BCUT2D eigenvalue weighted by Crippen LogP contribution is -2.69. The van der Waals surface area contributed by atoms with Crippen molar-refractivity contribution in [1.82, 2.24) is 15.0 Å². The van der Waals surface area contributed by atoms with Crippen LogP contribution in [-0.2, 0) is 0 Å². The van der Waals surface area contributed by atoms with Crippen LogP contribution in [0.4, 0.5) is 11.6 Å². The number of pyridine rings is 1. The standard InChI is InChI=1S/C18H17ClN6/c19-15-3-11(6-20)7-21-18(15)25-13-4-14(25)9-24(8-13)17-5-16(12-1-2-12)22-10-23-17/h3,5,7,10,12-14H,1-2,4,8-9H2. The lowest BCUT2D eigenvalue weighted by atomic mass is 9.87. The quantitative estimate of drug-likeness (QED) is 0.846. The van der Waals surface area contributed by atoms with Crippen LogP contribution in [0.1, 0.15) is 36.4 Å². The number of hydrogen-bond donors (Lipinski definition) is 0. The molecule has 6 rings (SSSR count). The number of piperazine rings is 1. The zero-order chi connectivity index (χ0) is 17.0. The van der Waals surface area contributed by atoms with Gasteiger partial charge in [0.15, 0.2) is 0 Å². The lowest BCUT2D eigenvalue weighted by Gasteiger charge is -2.57. The zero-order valence-electron chi connectivity index (χ0n) is 13.6. The third-order valence-electron chi connectivity index (χ3n) is 5.38. The van der Waals surface area contributed by atoms with E-state index in [-0.39, 0.29) is 0 Å². The van der Waals surface area contributed by atoms with Gasteiger partial charge >= 0.3 is 0 Å². The second kappa shape index (κ2) is 5.57. The Morgan fingerprint density at radius 2 is 1.92 bits per heavy atom. The molecule has 2 unspecified atom stereocenters. The van der Waals surface area contributed by atoms with Gasteiger partial charge in [0, 0.05) is 37.0 Å². The Morgan fingerprint density at radius 3 is 2.60 bits per heavy atom. The number of nitrogens with zero attached hydrogens (tertiary/aromatic N) is 6. The Bertz CT molecular complexity index is 862. The fraction of sp³-hybridized carbons (Fsp3) is 0.444. The van der Waals surface area contributed by atoms with Crippen molar-refractivity contribution in [3.8, 4) is 6.07 Å². The number of fused-ring (bicyclic) bond motifs is 2. The first-order chi connectivity index (χ1) is 12.2. The van der Waals surface area contributed by atoms with Gasteiger partial charge in [-0.1, -0.05) is 11.6 Å². The maximum absolute atomic E-state index is 8.97. The van der Waals surface area contributed by atoms with Crippen LogP contribution in [0, 0.1) is 11.3 Å². The van der Waals surface area contributed by atoms with Gasteiger partial charge in [0.05, 0.1) is 22.7 Å². The first-order valence-electron chi connectivity index (χ1n) is 8.64. The smallest absolute Gasteiger partial charge is 0.148 e. The predicted molar refractivity (Wildman–Crippen MR) is 94.9 cm³/mol. The fourth-order valence-electron chi connectivity index (χ4n) is 3.96. The average molecular weight is 353 g/mol. The molecule has 1 aliphatic carbocycles. The number of piperidine rings is 1. The van der Waals surface area contributed by atoms with Gasteiger partial charge in [0.2, 0.25) is 0 Å². The molecule has 2 bridgehead atoms. The van der Waals surface area contributed by atoms with Crippen molar-refractivity contribution in [2.75, 3.05) is 22.9 Å². The highest BCUT2D eigenvalue weighted by Gasteiger charge is 2.46. The van der Waals surface area contributed by atoms with Crippen molar-refractivity contribution in [2.45, 2.75) is 37.3 Å². The first kappa shape index (κ1) is 14.9. The van der Waals surface area contributed by atoms with Crippen LogP contribution in [-0.4, -0.2) is 40.1 Å². The van der Waals surface area contributed by atoms with Crippen molar-refractivity contribution in [3.05, 3.63) is 40.9 Å². The first-order valence-corrected chi connectivity index (χ1v) is 9.01. The summed E-state index contributed by atoms with van der Waals surface area (Å²) in [5.41, 5.74) is 1.67. The van der Waals surface area contributed by atoms with E-state index in [4.69, 9.17) is 16.9 Å². The Labute approximate surface area is 151 Å². The Balaban J connectivity index is 1.35. The molecule has 3 aliphatic heterocycles. The molecule has 0 N–H and O–H groups in total.